The first-order valence-corrected chi connectivity index (χ1v) is 6.19. The third kappa shape index (κ3) is 1.94. The molecule has 0 aliphatic rings. The van der Waals surface area contributed by atoms with Crippen LogP contribution in [-0.2, 0) is 10.0 Å². The van der Waals surface area contributed by atoms with Crippen LogP contribution in [0.15, 0.2) is 22.7 Å². The fourth-order valence-electron chi connectivity index (χ4n) is 1.35. The molecule has 0 spiro atoms. The molecule has 1 aromatic heterocycles. The zero-order valence-electron chi connectivity index (χ0n) is 8.31. The first-order valence-electron chi connectivity index (χ1n) is 4.30. The van der Waals surface area contributed by atoms with Gasteiger partial charge in [0.15, 0.2) is 11.4 Å². The number of benzene rings is 1. The minimum atomic E-state index is -3.32. The standard InChI is InChI=1S/C9H10N2O3S/c1-6-4-3-5-7-8(6)14-10-9(7)11-15(2,12)13/h3-5H,1-2H3,(H,10,11). The van der Waals surface area contributed by atoms with Crippen LogP contribution in [0.5, 0.6) is 0 Å². The maximum atomic E-state index is 11.0. The smallest absolute Gasteiger partial charge is 0.231 e. The van der Waals surface area contributed by atoms with Crippen molar-refractivity contribution < 1.29 is 12.9 Å². The molecule has 0 atom stereocenters. The second kappa shape index (κ2) is 3.23. The number of para-hydroxylation sites is 1. The van der Waals surface area contributed by atoms with Gasteiger partial charge in [-0.2, -0.15) is 0 Å². The van der Waals surface area contributed by atoms with Crippen LogP contribution >= 0.6 is 0 Å². The summed E-state index contributed by atoms with van der Waals surface area (Å²) in [5, 5.41) is 4.34. The summed E-state index contributed by atoms with van der Waals surface area (Å²) in [6, 6.07) is 5.45. The number of hydrogen-bond acceptors (Lipinski definition) is 4. The summed E-state index contributed by atoms with van der Waals surface area (Å²) < 4.78 is 29.4. The third-order valence-corrected chi connectivity index (χ3v) is 2.54. The van der Waals surface area contributed by atoms with Crippen LogP contribution in [0.3, 0.4) is 0 Å². The maximum Gasteiger partial charge on any atom is 0.231 e. The number of fused-ring (bicyclic) bond motifs is 1. The van der Waals surface area contributed by atoms with Gasteiger partial charge in [0, 0.05) is 0 Å². The second-order valence-electron chi connectivity index (χ2n) is 3.36. The molecule has 0 aliphatic heterocycles. The molecule has 1 heterocycles. The van der Waals surface area contributed by atoms with Gasteiger partial charge in [0.05, 0.1) is 11.6 Å². The van der Waals surface area contributed by atoms with E-state index < -0.39 is 10.0 Å². The molecule has 0 radical (unpaired) electrons. The normalized spacial score (nSPS) is 11.9. The summed E-state index contributed by atoms with van der Waals surface area (Å²) >= 11 is 0. The van der Waals surface area contributed by atoms with Gasteiger partial charge in [-0.15, -0.1) is 0 Å². The van der Waals surface area contributed by atoms with Crippen molar-refractivity contribution in [2.75, 3.05) is 11.0 Å². The van der Waals surface area contributed by atoms with Gasteiger partial charge in [0.2, 0.25) is 10.0 Å². The molecular formula is C9H10N2O3S. The van der Waals surface area contributed by atoms with E-state index in [1.807, 2.05) is 19.1 Å². The van der Waals surface area contributed by atoms with E-state index >= 15 is 0 Å². The van der Waals surface area contributed by atoms with E-state index in [1.165, 1.54) is 0 Å². The Labute approximate surface area is 87.1 Å². The van der Waals surface area contributed by atoms with E-state index in [-0.39, 0.29) is 5.82 Å². The van der Waals surface area contributed by atoms with Crippen molar-refractivity contribution in [2.24, 2.45) is 0 Å². The molecule has 80 valence electrons. The number of rotatable bonds is 2. The number of sulfonamides is 1. The highest BCUT2D eigenvalue weighted by atomic mass is 32.2. The first kappa shape index (κ1) is 9.97. The zero-order chi connectivity index (χ0) is 11.1. The molecule has 1 N–H and O–H groups in total. The molecule has 0 bridgehead atoms. The quantitative estimate of drug-likeness (QED) is 0.842. The third-order valence-electron chi connectivity index (χ3n) is 1.98. The van der Waals surface area contributed by atoms with E-state index in [2.05, 4.69) is 9.88 Å². The van der Waals surface area contributed by atoms with Gasteiger partial charge < -0.3 is 4.52 Å². The molecule has 0 saturated heterocycles. The fraction of sp³-hybridized carbons (Fsp3) is 0.222. The van der Waals surface area contributed by atoms with Crippen molar-refractivity contribution in [1.29, 1.82) is 0 Å². The number of anilines is 1. The SMILES string of the molecule is Cc1cccc2c(NS(C)(=O)=O)noc12. The lowest BCUT2D eigenvalue weighted by Crippen LogP contribution is -2.09. The lowest BCUT2D eigenvalue weighted by atomic mass is 10.2. The molecule has 0 fully saturated rings. The minimum absolute atomic E-state index is 0.233. The number of hydrogen-bond donors (Lipinski definition) is 1. The van der Waals surface area contributed by atoms with E-state index in [4.69, 9.17) is 4.52 Å². The molecule has 2 aromatic rings. The number of aromatic nitrogens is 1. The zero-order valence-corrected chi connectivity index (χ0v) is 9.13. The number of nitrogens with one attached hydrogen (secondary N) is 1. The Hall–Kier alpha value is -1.56. The molecule has 0 amide bonds. The Morgan fingerprint density at radius 3 is 2.80 bits per heavy atom. The Kier molecular flexibility index (Phi) is 2.15. The van der Waals surface area contributed by atoms with Crippen LogP contribution < -0.4 is 4.72 Å². The van der Waals surface area contributed by atoms with Crippen molar-refractivity contribution in [2.45, 2.75) is 6.92 Å². The summed E-state index contributed by atoms with van der Waals surface area (Å²) in [6.45, 7) is 1.87. The van der Waals surface area contributed by atoms with Crippen molar-refractivity contribution in [1.82, 2.24) is 5.16 Å². The van der Waals surface area contributed by atoms with Crippen LogP contribution in [0.4, 0.5) is 5.82 Å². The highest BCUT2D eigenvalue weighted by molar-refractivity contribution is 7.92. The van der Waals surface area contributed by atoms with Crippen LogP contribution in [-0.4, -0.2) is 19.8 Å². The van der Waals surface area contributed by atoms with Crippen LogP contribution in [0.2, 0.25) is 0 Å². The molecule has 2 rings (SSSR count). The summed E-state index contributed by atoms with van der Waals surface area (Å²) in [7, 11) is -3.32. The molecule has 15 heavy (non-hydrogen) atoms. The van der Waals surface area contributed by atoms with Gasteiger partial charge in [-0.05, 0) is 18.6 Å². The number of nitrogens with zero attached hydrogens (tertiary/aromatic N) is 1. The van der Waals surface area contributed by atoms with Gasteiger partial charge >= 0.3 is 0 Å². The number of aryl methyl sites for hydroxylation is 1. The Balaban J connectivity index is 2.60. The topological polar surface area (TPSA) is 72.2 Å². The first-order chi connectivity index (χ1) is 6.97. The van der Waals surface area contributed by atoms with E-state index in [1.54, 1.807) is 6.07 Å². The molecule has 0 unspecified atom stereocenters. The highest BCUT2D eigenvalue weighted by Crippen LogP contribution is 2.25. The molecule has 6 heteroatoms. The molecule has 1 aromatic carbocycles. The van der Waals surface area contributed by atoms with Crippen molar-refractivity contribution in [3.8, 4) is 0 Å². The van der Waals surface area contributed by atoms with Crippen LogP contribution in [0.1, 0.15) is 5.56 Å². The predicted molar refractivity (Wildman–Crippen MR) is 57.2 cm³/mol. The van der Waals surface area contributed by atoms with Crippen molar-refractivity contribution >= 4 is 26.8 Å². The molecular weight excluding hydrogens is 216 g/mol. The summed E-state index contributed by atoms with van der Waals surface area (Å²) in [6.07, 6.45) is 1.07. The van der Waals surface area contributed by atoms with E-state index in [9.17, 15) is 8.42 Å². The van der Waals surface area contributed by atoms with Gasteiger partial charge in [-0.25, -0.2) is 8.42 Å². The Bertz CT molecular complexity index is 601. The molecule has 5 nitrogen and oxygen atoms in total. The van der Waals surface area contributed by atoms with E-state index in [0.29, 0.717) is 11.0 Å². The Morgan fingerprint density at radius 2 is 2.13 bits per heavy atom. The van der Waals surface area contributed by atoms with Crippen molar-refractivity contribution in [3.63, 3.8) is 0 Å². The molecule has 0 aliphatic carbocycles. The maximum absolute atomic E-state index is 11.0. The predicted octanol–water partition coefficient (Wildman–Crippen LogP) is 1.51. The summed E-state index contributed by atoms with van der Waals surface area (Å²) in [5.41, 5.74) is 1.52. The Morgan fingerprint density at radius 1 is 1.40 bits per heavy atom. The largest absolute Gasteiger partial charge is 0.354 e. The van der Waals surface area contributed by atoms with E-state index in [0.717, 1.165) is 11.8 Å². The average molecular weight is 226 g/mol. The minimum Gasteiger partial charge on any atom is -0.354 e. The second-order valence-corrected chi connectivity index (χ2v) is 5.11. The fourth-order valence-corrected chi connectivity index (χ4v) is 1.85. The summed E-state index contributed by atoms with van der Waals surface area (Å²) in [4.78, 5) is 0. The molecule has 0 saturated carbocycles. The van der Waals surface area contributed by atoms with Gasteiger partial charge in [0.1, 0.15) is 0 Å². The van der Waals surface area contributed by atoms with Crippen LogP contribution in [0, 0.1) is 6.92 Å². The average Bonchev–Trinajstić information content (AvgIpc) is 2.48. The highest BCUT2D eigenvalue weighted by Gasteiger charge is 2.12. The monoisotopic (exact) mass is 226 g/mol. The van der Waals surface area contributed by atoms with Gasteiger partial charge in [-0.3, -0.25) is 4.72 Å². The van der Waals surface area contributed by atoms with Crippen LogP contribution in [0.25, 0.3) is 11.0 Å². The van der Waals surface area contributed by atoms with Gasteiger partial charge in [-0.1, -0.05) is 17.3 Å². The summed E-state index contributed by atoms with van der Waals surface area (Å²) in [5.74, 6) is 0.233. The lowest BCUT2D eigenvalue weighted by molar-refractivity contribution is 0.458. The van der Waals surface area contributed by atoms with Crippen molar-refractivity contribution in [3.05, 3.63) is 23.8 Å². The van der Waals surface area contributed by atoms with Gasteiger partial charge in [0.25, 0.3) is 0 Å². The lowest BCUT2D eigenvalue weighted by Gasteiger charge is -1.98.